The first-order valence-corrected chi connectivity index (χ1v) is 9.99. The van der Waals surface area contributed by atoms with Gasteiger partial charge >= 0.3 is 12.1 Å². The number of anilines is 1. The molecule has 0 heterocycles. The minimum absolute atomic E-state index is 0.289. The van der Waals surface area contributed by atoms with Gasteiger partial charge in [-0.15, -0.1) is 0 Å². The lowest BCUT2D eigenvalue weighted by Crippen LogP contribution is -2.46. The Morgan fingerprint density at radius 3 is 2.35 bits per heavy atom. The number of nitrogens with zero attached hydrogens (tertiary/aromatic N) is 1. The fourth-order valence-corrected chi connectivity index (χ4v) is 2.91. The van der Waals surface area contributed by atoms with Crippen LogP contribution >= 0.6 is 0 Å². The van der Waals surface area contributed by atoms with Crippen LogP contribution in [-0.2, 0) is 20.5 Å². The summed E-state index contributed by atoms with van der Waals surface area (Å²) in [5.74, 6) is -3.01. The number of rotatable bonds is 8. The van der Waals surface area contributed by atoms with Crippen LogP contribution in [-0.4, -0.2) is 35.4 Å². The Bertz CT molecular complexity index is 1100. The minimum atomic E-state index is -4.98. The van der Waals surface area contributed by atoms with Crippen molar-refractivity contribution in [2.75, 3.05) is 11.9 Å². The highest BCUT2D eigenvalue weighted by Gasteiger charge is 2.36. The summed E-state index contributed by atoms with van der Waals surface area (Å²) in [4.78, 5) is 46.8. The Morgan fingerprint density at radius 2 is 1.79 bits per heavy atom. The van der Waals surface area contributed by atoms with Crippen molar-refractivity contribution in [1.29, 1.82) is 0 Å². The molecule has 0 fully saturated rings. The maximum atomic E-state index is 13.2. The summed E-state index contributed by atoms with van der Waals surface area (Å²) in [6.45, 7) is 4.12. The van der Waals surface area contributed by atoms with Crippen molar-refractivity contribution in [3.63, 3.8) is 0 Å². The number of nitro groups is 1. The minimum Gasteiger partial charge on any atom is -0.454 e. The van der Waals surface area contributed by atoms with Crippen molar-refractivity contribution in [3.05, 3.63) is 69.3 Å². The summed E-state index contributed by atoms with van der Waals surface area (Å²) in [7, 11) is 0. The van der Waals surface area contributed by atoms with Crippen molar-refractivity contribution in [1.82, 2.24) is 5.32 Å². The van der Waals surface area contributed by atoms with E-state index in [1.165, 1.54) is 0 Å². The lowest BCUT2D eigenvalue weighted by molar-refractivity contribution is -0.385. The molecule has 2 aromatic rings. The molecular weight excluding hydrogens is 459 g/mol. The third kappa shape index (κ3) is 7.02. The number of nitro benzene ring substituents is 1. The van der Waals surface area contributed by atoms with Gasteiger partial charge in [-0.05, 0) is 31.0 Å². The molecule has 2 N–H and O–H groups in total. The van der Waals surface area contributed by atoms with Crippen molar-refractivity contribution >= 4 is 29.2 Å². The molecule has 1 atom stereocenters. The number of ether oxygens (including phenoxy) is 1. The lowest BCUT2D eigenvalue weighted by atomic mass is 10.0. The summed E-state index contributed by atoms with van der Waals surface area (Å²) < 4.78 is 44.6. The second-order valence-corrected chi connectivity index (χ2v) is 7.71. The summed E-state index contributed by atoms with van der Waals surface area (Å²) in [5, 5.41) is 15.2. The lowest BCUT2D eigenvalue weighted by Gasteiger charge is -2.21. The van der Waals surface area contributed by atoms with Crippen LogP contribution in [0.2, 0.25) is 0 Å². The number of aryl methyl sites for hydroxylation is 1. The fourth-order valence-electron chi connectivity index (χ4n) is 2.91. The average Bonchev–Trinajstić information content (AvgIpc) is 2.74. The van der Waals surface area contributed by atoms with Gasteiger partial charge in [-0.2, -0.15) is 13.2 Å². The first-order chi connectivity index (χ1) is 15.8. The van der Waals surface area contributed by atoms with Crippen molar-refractivity contribution in [3.8, 4) is 0 Å². The predicted octanol–water partition coefficient (Wildman–Crippen LogP) is 3.86. The number of alkyl halides is 3. The number of non-ortho nitro benzene ring substituents is 1. The highest BCUT2D eigenvalue weighted by Crippen LogP contribution is 2.37. The Hall–Kier alpha value is -3.96. The van der Waals surface area contributed by atoms with Crippen LogP contribution in [0.15, 0.2) is 42.5 Å². The molecule has 34 heavy (non-hydrogen) atoms. The van der Waals surface area contributed by atoms with E-state index in [-0.39, 0.29) is 6.07 Å². The summed E-state index contributed by atoms with van der Waals surface area (Å²) in [6, 6.07) is 7.34. The van der Waals surface area contributed by atoms with E-state index in [1.807, 2.05) is 5.32 Å². The first kappa shape index (κ1) is 26.3. The van der Waals surface area contributed by atoms with Gasteiger partial charge < -0.3 is 15.4 Å². The number of halogens is 3. The number of amides is 2. The molecule has 0 radical (unpaired) electrons. The van der Waals surface area contributed by atoms with E-state index in [4.69, 9.17) is 4.74 Å². The van der Waals surface area contributed by atoms with Gasteiger partial charge in [0.15, 0.2) is 6.61 Å². The quantitative estimate of drug-likeness (QED) is 0.335. The normalized spacial score (nSPS) is 12.1. The molecule has 0 aromatic heterocycles. The molecule has 0 aliphatic carbocycles. The molecule has 2 aromatic carbocycles. The van der Waals surface area contributed by atoms with Gasteiger partial charge in [0.2, 0.25) is 0 Å². The van der Waals surface area contributed by atoms with Crippen LogP contribution in [0.3, 0.4) is 0 Å². The summed E-state index contributed by atoms with van der Waals surface area (Å²) in [6.07, 6.45) is -4.98. The number of hydrogen-bond acceptors (Lipinski definition) is 6. The van der Waals surface area contributed by atoms with Crippen molar-refractivity contribution < 1.29 is 37.2 Å². The number of carbonyl (C=O) groups is 3. The molecule has 0 saturated carbocycles. The van der Waals surface area contributed by atoms with Gasteiger partial charge in [0.1, 0.15) is 6.04 Å². The van der Waals surface area contributed by atoms with E-state index in [1.54, 1.807) is 45.0 Å². The Morgan fingerprint density at radius 1 is 1.12 bits per heavy atom. The highest BCUT2D eigenvalue weighted by atomic mass is 19.4. The van der Waals surface area contributed by atoms with Crippen LogP contribution in [0, 0.1) is 23.0 Å². The third-order valence-corrected chi connectivity index (χ3v) is 4.63. The zero-order valence-electron chi connectivity index (χ0n) is 18.4. The Balaban J connectivity index is 2.06. The summed E-state index contributed by atoms with van der Waals surface area (Å²) >= 11 is 0. The molecule has 0 aliphatic rings. The molecule has 0 aliphatic heterocycles. The molecule has 182 valence electrons. The number of benzene rings is 2. The van der Waals surface area contributed by atoms with Gasteiger partial charge in [-0.1, -0.05) is 31.5 Å². The van der Waals surface area contributed by atoms with Gasteiger partial charge in [-0.3, -0.25) is 19.7 Å². The van der Waals surface area contributed by atoms with Crippen LogP contribution in [0.1, 0.15) is 35.3 Å². The molecule has 0 saturated heterocycles. The second-order valence-electron chi connectivity index (χ2n) is 7.71. The predicted molar refractivity (Wildman–Crippen MR) is 115 cm³/mol. The maximum absolute atomic E-state index is 13.2. The van der Waals surface area contributed by atoms with E-state index < -0.39 is 64.4 Å². The van der Waals surface area contributed by atoms with E-state index >= 15 is 0 Å². The van der Waals surface area contributed by atoms with Gasteiger partial charge in [-0.25, -0.2) is 4.79 Å². The van der Waals surface area contributed by atoms with Crippen molar-refractivity contribution in [2.45, 2.75) is 33.0 Å². The van der Waals surface area contributed by atoms with Gasteiger partial charge in [0.05, 0.1) is 16.2 Å². The standard InChI is InChI=1S/C22H22F3N3O6/c1-12(2)19(27-20(30)14-6-4-5-13(3)9-14)21(31)34-11-18(29)26-17-8-7-15(28(32)33)10-16(17)22(23,24)25/h4-10,12,19H,11H2,1-3H3,(H,26,29)(H,27,30). The van der Waals surface area contributed by atoms with Crippen LogP contribution < -0.4 is 10.6 Å². The number of carbonyl (C=O) groups excluding carboxylic acids is 3. The molecule has 0 spiro atoms. The first-order valence-electron chi connectivity index (χ1n) is 9.99. The maximum Gasteiger partial charge on any atom is 0.418 e. The average molecular weight is 481 g/mol. The Kier molecular flexibility index (Phi) is 8.33. The van der Waals surface area contributed by atoms with Crippen LogP contribution in [0.25, 0.3) is 0 Å². The molecule has 0 bridgehead atoms. The fraction of sp³-hybridized carbons (Fsp3) is 0.318. The van der Waals surface area contributed by atoms with E-state index in [0.29, 0.717) is 5.56 Å². The Labute approximate surface area is 192 Å². The molecule has 2 rings (SSSR count). The smallest absolute Gasteiger partial charge is 0.418 e. The highest BCUT2D eigenvalue weighted by molar-refractivity contribution is 5.98. The third-order valence-electron chi connectivity index (χ3n) is 4.63. The molecule has 12 heteroatoms. The zero-order chi connectivity index (χ0) is 25.6. The monoisotopic (exact) mass is 481 g/mol. The van der Waals surface area contributed by atoms with E-state index in [2.05, 4.69) is 5.32 Å². The number of esters is 1. The SMILES string of the molecule is Cc1cccc(C(=O)NC(C(=O)OCC(=O)Nc2ccc([N+](=O)[O-])cc2C(F)(F)F)C(C)C)c1. The van der Waals surface area contributed by atoms with Crippen LogP contribution in [0.5, 0.6) is 0 Å². The van der Waals surface area contributed by atoms with E-state index in [9.17, 15) is 37.7 Å². The number of hydrogen-bond donors (Lipinski definition) is 2. The number of nitrogens with one attached hydrogen (secondary N) is 2. The summed E-state index contributed by atoms with van der Waals surface area (Å²) in [5.41, 5.74) is -1.81. The molecule has 1 unspecified atom stereocenters. The van der Waals surface area contributed by atoms with E-state index in [0.717, 1.165) is 17.7 Å². The molecule has 9 nitrogen and oxygen atoms in total. The topological polar surface area (TPSA) is 128 Å². The second kappa shape index (κ2) is 10.8. The van der Waals surface area contributed by atoms with Gasteiger partial charge in [0.25, 0.3) is 17.5 Å². The van der Waals surface area contributed by atoms with Gasteiger partial charge in [0, 0.05) is 17.7 Å². The molecular formula is C22H22F3N3O6. The van der Waals surface area contributed by atoms with Crippen LogP contribution in [0.4, 0.5) is 24.5 Å². The molecule has 2 amide bonds. The zero-order valence-corrected chi connectivity index (χ0v) is 18.4. The largest absolute Gasteiger partial charge is 0.454 e. The van der Waals surface area contributed by atoms with Crippen molar-refractivity contribution in [2.24, 2.45) is 5.92 Å².